The van der Waals surface area contributed by atoms with Gasteiger partial charge < -0.3 is 9.47 Å². The Morgan fingerprint density at radius 1 is 1.00 bits per heavy atom. The van der Waals surface area contributed by atoms with Crippen molar-refractivity contribution in [3.63, 3.8) is 0 Å². The molecule has 0 aromatic heterocycles. The molecule has 0 saturated carbocycles. The van der Waals surface area contributed by atoms with Crippen molar-refractivity contribution in [2.75, 3.05) is 0 Å². The van der Waals surface area contributed by atoms with Gasteiger partial charge in [0.15, 0.2) is 0 Å². The molecular weight excluding hydrogens is 228 g/mol. The minimum absolute atomic E-state index is 0.0166. The van der Waals surface area contributed by atoms with Crippen molar-refractivity contribution in [1.29, 1.82) is 0 Å². The van der Waals surface area contributed by atoms with Crippen LogP contribution in [0.25, 0.3) is 0 Å². The molecule has 0 aromatic rings. The summed E-state index contributed by atoms with van der Waals surface area (Å²) < 4.78 is 9.08. The lowest BCUT2D eigenvalue weighted by atomic mass is 9.76. The summed E-state index contributed by atoms with van der Waals surface area (Å²) in [4.78, 5) is 45.7. The predicted octanol–water partition coefficient (Wildman–Crippen LogP) is 0.192. The van der Waals surface area contributed by atoms with Crippen LogP contribution in [0.1, 0.15) is 26.2 Å². The minimum atomic E-state index is -0.739. The minimum Gasteiger partial charge on any atom is -0.393 e. The van der Waals surface area contributed by atoms with E-state index in [9.17, 15) is 19.2 Å². The van der Waals surface area contributed by atoms with Crippen LogP contribution < -0.4 is 0 Å². The lowest BCUT2D eigenvalue weighted by molar-refractivity contribution is -0.172. The van der Waals surface area contributed by atoms with Gasteiger partial charge in [0.2, 0.25) is 0 Å². The Balaban J connectivity index is 2.34. The first kappa shape index (κ1) is 11.8. The van der Waals surface area contributed by atoms with E-state index in [0.29, 0.717) is 6.42 Å². The summed E-state index contributed by atoms with van der Waals surface area (Å²) >= 11 is 0. The van der Waals surface area contributed by atoms with Crippen molar-refractivity contribution in [2.24, 2.45) is 17.8 Å². The van der Waals surface area contributed by atoms with Crippen LogP contribution in [0.4, 0.5) is 0 Å². The molecule has 2 saturated heterocycles. The molecule has 0 aliphatic carbocycles. The van der Waals surface area contributed by atoms with Gasteiger partial charge in [-0.05, 0) is 12.3 Å². The highest BCUT2D eigenvalue weighted by molar-refractivity contribution is 5.96. The number of rotatable bonds is 1. The average molecular weight is 240 g/mol. The van der Waals surface area contributed by atoms with Crippen molar-refractivity contribution in [3.05, 3.63) is 0 Å². The summed E-state index contributed by atoms with van der Waals surface area (Å²) in [6.07, 6.45) is 0.212. The topological polar surface area (TPSA) is 86.7 Å². The Morgan fingerprint density at radius 3 is 2.24 bits per heavy atom. The van der Waals surface area contributed by atoms with Gasteiger partial charge >= 0.3 is 23.9 Å². The molecule has 0 radical (unpaired) electrons. The van der Waals surface area contributed by atoms with E-state index in [1.54, 1.807) is 6.92 Å². The molecule has 0 N–H and O–H groups in total. The number of hydrogen-bond acceptors (Lipinski definition) is 6. The lowest BCUT2D eigenvalue weighted by Crippen LogP contribution is -2.40. The quantitative estimate of drug-likeness (QED) is 0.480. The fourth-order valence-corrected chi connectivity index (χ4v) is 2.45. The largest absolute Gasteiger partial charge is 0.393 e. The van der Waals surface area contributed by atoms with Crippen molar-refractivity contribution in [3.8, 4) is 0 Å². The van der Waals surface area contributed by atoms with Gasteiger partial charge in [-0.3, -0.25) is 19.2 Å². The molecule has 2 fully saturated rings. The maximum atomic E-state index is 11.6. The molecule has 6 nitrogen and oxygen atoms in total. The van der Waals surface area contributed by atoms with Crippen LogP contribution in [0.2, 0.25) is 0 Å². The summed E-state index contributed by atoms with van der Waals surface area (Å²) in [5.74, 6) is -4.56. The highest BCUT2D eigenvalue weighted by Crippen LogP contribution is 2.37. The van der Waals surface area contributed by atoms with E-state index in [4.69, 9.17) is 0 Å². The third-order valence-corrected chi connectivity index (χ3v) is 3.30. The van der Waals surface area contributed by atoms with Gasteiger partial charge in [0, 0.05) is 0 Å². The first-order valence-electron chi connectivity index (χ1n) is 5.52. The first-order chi connectivity index (χ1) is 8.02. The lowest BCUT2D eigenvalue weighted by Gasteiger charge is -2.29. The molecule has 2 rings (SSSR count). The van der Waals surface area contributed by atoms with Gasteiger partial charge in [0.25, 0.3) is 0 Å². The Labute approximate surface area is 97.3 Å². The molecule has 2 heterocycles. The molecule has 17 heavy (non-hydrogen) atoms. The zero-order valence-corrected chi connectivity index (χ0v) is 9.30. The summed E-state index contributed by atoms with van der Waals surface area (Å²) in [6, 6.07) is 0. The highest BCUT2D eigenvalue weighted by Gasteiger charge is 2.48. The normalized spacial score (nSPS) is 33.6. The molecule has 3 unspecified atom stereocenters. The summed E-state index contributed by atoms with van der Waals surface area (Å²) in [5.41, 5.74) is 0. The number of carbonyl (C=O) groups excluding carboxylic acids is 4. The fourth-order valence-electron chi connectivity index (χ4n) is 2.45. The first-order valence-corrected chi connectivity index (χ1v) is 5.52. The van der Waals surface area contributed by atoms with Crippen LogP contribution in [0.15, 0.2) is 0 Å². The Kier molecular flexibility index (Phi) is 2.95. The fraction of sp³-hybridized carbons (Fsp3) is 0.636. The third-order valence-electron chi connectivity index (χ3n) is 3.30. The maximum Gasteiger partial charge on any atom is 0.317 e. The van der Waals surface area contributed by atoms with E-state index in [-0.39, 0.29) is 12.8 Å². The van der Waals surface area contributed by atoms with Gasteiger partial charge in [-0.15, -0.1) is 0 Å². The summed E-state index contributed by atoms with van der Waals surface area (Å²) in [5, 5.41) is 0. The SMILES string of the molecule is CCC1C(=O)OC(=O)CC2C(=O)OC(=O)CC12. The number of carbonyl (C=O) groups is 4. The number of fused-ring (bicyclic) bond motifs is 1. The van der Waals surface area contributed by atoms with E-state index in [1.807, 2.05) is 0 Å². The van der Waals surface area contributed by atoms with Crippen LogP contribution in [0.5, 0.6) is 0 Å². The van der Waals surface area contributed by atoms with Crippen molar-refractivity contribution in [2.45, 2.75) is 26.2 Å². The van der Waals surface area contributed by atoms with Gasteiger partial charge in [-0.2, -0.15) is 0 Å². The van der Waals surface area contributed by atoms with Gasteiger partial charge in [-0.1, -0.05) is 6.92 Å². The van der Waals surface area contributed by atoms with E-state index in [2.05, 4.69) is 9.47 Å². The van der Waals surface area contributed by atoms with Crippen molar-refractivity contribution < 1.29 is 28.7 Å². The number of esters is 4. The smallest absolute Gasteiger partial charge is 0.317 e. The molecule has 0 spiro atoms. The van der Waals surface area contributed by atoms with E-state index in [1.165, 1.54) is 0 Å². The Morgan fingerprint density at radius 2 is 1.59 bits per heavy atom. The van der Waals surface area contributed by atoms with E-state index in [0.717, 1.165) is 0 Å². The van der Waals surface area contributed by atoms with Crippen LogP contribution in [-0.2, 0) is 28.7 Å². The molecule has 2 aliphatic rings. The second-order valence-corrected chi connectivity index (χ2v) is 4.28. The second-order valence-electron chi connectivity index (χ2n) is 4.28. The zero-order chi connectivity index (χ0) is 12.6. The predicted molar refractivity (Wildman–Crippen MR) is 52.2 cm³/mol. The molecular formula is C11H12O6. The monoisotopic (exact) mass is 240 g/mol. The third kappa shape index (κ3) is 2.07. The molecule has 0 amide bonds. The van der Waals surface area contributed by atoms with E-state index < -0.39 is 41.6 Å². The van der Waals surface area contributed by atoms with Crippen molar-refractivity contribution in [1.82, 2.24) is 0 Å². The van der Waals surface area contributed by atoms with Crippen LogP contribution in [-0.4, -0.2) is 23.9 Å². The number of hydrogen-bond donors (Lipinski definition) is 0. The standard InChI is InChI=1S/C11H12O6/c1-2-5-6-3-8(12)17-11(15)7(6)4-9(13)16-10(5)14/h5-7H,2-4H2,1H3. The molecule has 3 atom stereocenters. The average Bonchev–Trinajstić information content (AvgIpc) is 2.34. The maximum absolute atomic E-state index is 11.6. The molecule has 2 aliphatic heterocycles. The van der Waals surface area contributed by atoms with Crippen LogP contribution >= 0.6 is 0 Å². The molecule has 0 aromatic carbocycles. The second kappa shape index (κ2) is 4.27. The molecule has 6 heteroatoms. The summed E-state index contributed by atoms with van der Waals surface area (Å²) in [6.45, 7) is 1.75. The number of cyclic esters (lactones) is 4. The number of ether oxygens (including phenoxy) is 2. The highest BCUT2D eigenvalue weighted by atomic mass is 16.6. The van der Waals surface area contributed by atoms with Crippen LogP contribution in [0.3, 0.4) is 0 Å². The Bertz CT molecular complexity index is 399. The zero-order valence-electron chi connectivity index (χ0n) is 9.30. The van der Waals surface area contributed by atoms with Crippen LogP contribution in [0, 0.1) is 17.8 Å². The molecule has 92 valence electrons. The van der Waals surface area contributed by atoms with Crippen molar-refractivity contribution >= 4 is 23.9 Å². The van der Waals surface area contributed by atoms with Gasteiger partial charge in [0.1, 0.15) is 0 Å². The van der Waals surface area contributed by atoms with Gasteiger partial charge in [-0.25, -0.2) is 0 Å². The van der Waals surface area contributed by atoms with Gasteiger partial charge in [0.05, 0.1) is 24.7 Å². The summed E-state index contributed by atoms with van der Waals surface area (Å²) in [7, 11) is 0. The van der Waals surface area contributed by atoms with E-state index >= 15 is 0 Å². The Hall–Kier alpha value is -1.72. The molecule has 0 bridgehead atoms.